The summed E-state index contributed by atoms with van der Waals surface area (Å²) in [5.41, 5.74) is 5.60. The molecular formula is C33H32O9. The summed E-state index contributed by atoms with van der Waals surface area (Å²) >= 11 is 0. The zero-order chi connectivity index (χ0) is 29.5. The molecule has 0 fully saturated rings. The minimum atomic E-state index is -0.990. The van der Waals surface area contributed by atoms with Gasteiger partial charge >= 0.3 is 0 Å². The minimum Gasteiger partial charge on any atom is -0.508 e. The van der Waals surface area contributed by atoms with Crippen LogP contribution in [0.15, 0.2) is 54.6 Å². The van der Waals surface area contributed by atoms with E-state index in [1.54, 1.807) is 24.3 Å². The summed E-state index contributed by atoms with van der Waals surface area (Å²) in [6.07, 6.45) is 0.0497. The van der Waals surface area contributed by atoms with E-state index in [-0.39, 0.29) is 48.6 Å². The zero-order valence-electron chi connectivity index (χ0n) is 23.3. The third-order valence-corrected chi connectivity index (χ3v) is 8.10. The normalized spacial score (nSPS) is 17.0. The van der Waals surface area contributed by atoms with Crippen LogP contribution >= 0.6 is 0 Å². The molecule has 0 bridgehead atoms. The number of ether oxygens (including phenoxy) is 4. The Balaban J connectivity index is 1.39. The van der Waals surface area contributed by atoms with Gasteiger partial charge in [0.05, 0.1) is 33.5 Å². The number of hydrogen-bond donors (Lipinski definition) is 5. The molecule has 2 unspecified atom stereocenters. The first-order chi connectivity index (χ1) is 20.3. The van der Waals surface area contributed by atoms with Crippen LogP contribution < -0.4 is 18.9 Å². The summed E-state index contributed by atoms with van der Waals surface area (Å²) in [5.74, 6) is 0.662. The lowest BCUT2D eigenvalue weighted by Crippen LogP contribution is -2.26. The molecule has 2 atom stereocenters. The van der Waals surface area contributed by atoms with E-state index in [1.165, 1.54) is 20.3 Å². The summed E-state index contributed by atoms with van der Waals surface area (Å²) in [6.45, 7) is 0.302. The number of aliphatic hydroxyl groups excluding tert-OH is 2. The molecule has 218 valence electrons. The molecule has 1 aliphatic carbocycles. The summed E-state index contributed by atoms with van der Waals surface area (Å²) < 4.78 is 22.9. The fraction of sp³-hybridized carbons (Fsp3) is 0.273. The number of methoxy groups -OCH3 is 2. The Morgan fingerprint density at radius 3 is 2.29 bits per heavy atom. The highest BCUT2D eigenvalue weighted by Gasteiger charge is 2.37. The third kappa shape index (κ3) is 4.70. The lowest BCUT2D eigenvalue weighted by molar-refractivity contribution is 0.0875. The number of phenolic OH excluding ortho intramolecular Hbond substituents is 3. The molecule has 1 heterocycles. The minimum absolute atomic E-state index is 0.0178. The molecule has 1 aliphatic heterocycles. The highest BCUT2D eigenvalue weighted by molar-refractivity contribution is 5.83. The largest absolute Gasteiger partial charge is 0.508 e. The van der Waals surface area contributed by atoms with Crippen LogP contribution in [0.3, 0.4) is 0 Å². The second kappa shape index (κ2) is 11.0. The Hall–Kier alpha value is -4.60. The Morgan fingerprint density at radius 1 is 0.857 bits per heavy atom. The fourth-order valence-electron chi connectivity index (χ4n) is 6.06. The molecule has 9 nitrogen and oxygen atoms in total. The van der Waals surface area contributed by atoms with Gasteiger partial charge in [-0.05, 0) is 58.9 Å². The van der Waals surface area contributed by atoms with Gasteiger partial charge < -0.3 is 44.5 Å². The van der Waals surface area contributed by atoms with Crippen molar-refractivity contribution in [3.05, 3.63) is 88.0 Å². The van der Waals surface area contributed by atoms with Crippen molar-refractivity contribution < 1.29 is 44.5 Å². The van der Waals surface area contributed by atoms with Gasteiger partial charge in [-0.25, -0.2) is 0 Å². The summed E-state index contributed by atoms with van der Waals surface area (Å²) in [7, 11) is 2.88. The number of benzene rings is 4. The van der Waals surface area contributed by atoms with E-state index >= 15 is 0 Å². The van der Waals surface area contributed by atoms with Gasteiger partial charge in [0.15, 0.2) is 11.5 Å². The highest BCUT2D eigenvalue weighted by Crippen LogP contribution is 2.53. The van der Waals surface area contributed by atoms with Crippen LogP contribution in [0.25, 0.3) is 11.1 Å². The van der Waals surface area contributed by atoms with Crippen molar-refractivity contribution in [3.63, 3.8) is 0 Å². The first-order valence-electron chi connectivity index (χ1n) is 13.6. The van der Waals surface area contributed by atoms with E-state index in [4.69, 9.17) is 18.9 Å². The lowest BCUT2D eigenvalue weighted by atomic mass is 9.77. The molecule has 5 N–H and O–H groups in total. The number of aromatic hydroxyl groups is 3. The average molecular weight is 573 g/mol. The van der Waals surface area contributed by atoms with Gasteiger partial charge in [0.25, 0.3) is 0 Å². The molecule has 4 aromatic rings. The van der Waals surface area contributed by atoms with E-state index in [0.29, 0.717) is 46.6 Å². The van der Waals surface area contributed by atoms with Crippen molar-refractivity contribution in [1.29, 1.82) is 0 Å². The van der Waals surface area contributed by atoms with Crippen molar-refractivity contribution >= 4 is 0 Å². The first kappa shape index (κ1) is 27.6. The van der Waals surface area contributed by atoms with E-state index in [1.807, 2.05) is 24.3 Å². The molecule has 0 amide bonds. The van der Waals surface area contributed by atoms with Crippen molar-refractivity contribution in [2.75, 3.05) is 20.8 Å². The summed E-state index contributed by atoms with van der Waals surface area (Å²) in [4.78, 5) is 0. The van der Waals surface area contributed by atoms with Crippen LogP contribution in [0, 0.1) is 0 Å². The molecule has 4 aromatic carbocycles. The van der Waals surface area contributed by atoms with E-state index in [2.05, 4.69) is 0 Å². The van der Waals surface area contributed by atoms with Gasteiger partial charge in [-0.2, -0.15) is 0 Å². The predicted octanol–water partition coefficient (Wildman–Crippen LogP) is 4.87. The second-order valence-electron chi connectivity index (χ2n) is 10.5. The van der Waals surface area contributed by atoms with Gasteiger partial charge in [0.2, 0.25) is 5.75 Å². The Bertz CT molecular complexity index is 1640. The lowest BCUT2D eigenvalue weighted by Gasteiger charge is -2.35. The maximum Gasteiger partial charge on any atom is 0.200 e. The quantitative estimate of drug-likeness (QED) is 0.210. The summed E-state index contributed by atoms with van der Waals surface area (Å²) in [6, 6.07) is 15.4. The van der Waals surface area contributed by atoms with Gasteiger partial charge in [-0.3, -0.25) is 0 Å². The Kier molecular flexibility index (Phi) is 7.22. The molecule has 0 aromatic heterocycles. The topological polar surface area (TPSA) is 138 Å². The van der Waals surface area contributed by atoms with Crippen LogP contribution in [0.4, 0.5) is 0 Å². The fourth-order valence-corrected chi connectivity index (χ4v) is 6.06. The Morgan fingerprint density at radius 2 is 1.57 bits per heavy atom. The van der Waals surface area contributed by atoms with Crippen LogP contribution in [0.2, 0.25) is 0 Å². The standard InChI is InChI=1S/C33H32O9/c1-39-28-9-19(10-29(40-2)33(28)38)24-16-42-27-13-25(36)30-22(31(27)32(24)37)7-6-21-23(30)11-20(35)12-26(21)41-15-18-5-3-4-17(8-18)14-34/h3-5,8-13,24,32,34-38H,6-7,14-16H2,1-2H3. The van der Waals surface area contributed by atoms with Crippen molar-refractivity contribution in [1.82, 2.24) is 0 Å². The van der Waals surface area contributed by atoms with E-state index in [9.17, 15) is 25.5 Å². The van der Waals surface area contributed by atoms with E-state index in [0.717, 1.165) is 22.3 Å². The predicted molar refractivity (Wildman–Crippen MR) is 154 cm³/mol. The maximum absolute atomic E-state index is 11.7. The van der Waals surface area contributed by atoms with Crippen LogP contribution in [-0.2, 0) is 26.1 Å². The van der Waals surface area contributed by atoms with Crippen molar-refractivity contribution in [3.8, 4) is 51.4 Å². The van der Waals surface area contributed by atoms with E-state index < -0.39 is 12.0 Å². The molecule has 2 aliphatic rings. The first-order valence-corrected chi connectivity index (χ1v) is 13.6. The number of hydrogen-bond acceptors (Lipinski definition) is 9. The average Bonchev–Trinajstić information content (AvgIpc) is 2.99. The van der Waals surface area contributed by atoms with Crippen molar-refractivity contribution in [2.24, 2.45) is 0 Å². The number of rotatable bonds is 7. The molecule has 42 heavy (non-hydrogen) atoms. The van der Waals surface area contributed by atoms with Crippen LogP contribution in [0.5, 0.6) is 40.2 Å². The molecule has 9 heteroatoms. The third-order valence-electron chi connectivity index (χ3n) is 8.10. The second-order valence-corrected chi connectivity index (χ2v) is 10.5. The maximum atomic E-state index is 11.7. The van der Waals surface area contributed by atoms with Gasteiger partial charge in [0, 0.05) is 34.7 Å². The number of aliphatic hydroxyl groups is 2. The molecule has 0 radical (unpaired) electrons. The van der Waals surface area contributed by atoms with Gasteiger partial charge in [-0.1, -0.05) is 24.3 Å². The molecular weight excluding hydrogens is 540 g/mol. The molecule has 6 rings (SSSR count). The SMILES string of the molecule is COc1cc(C2COc3cc(O)c4c(c3C2O)CCc2c(OCc3cccc(CO)c3)cc(O)cc2-4)cc(OC)c1O. The van der Waals surface area contributed by atoms with Gasteiger partial charge in [-0.15, -0.1) is 0 Å². The van der Waals surface area contributed by atoms with Crippen LogP contribution in [0.1, 0.15) is 45.4 Å². The zero-order valence-corrected chi connectivity index (χ0v) is 23.3. The molecule has 0 saturated heterocycles. The molecule has 0 spiro atoms. The number of fused-ring (bicyclic) bond motifs is 5. The number of phenols is 3. The monoisotopic (exact) mass is 572 g/mol. The highest BCUT2D eigenvalue weighted by atomic mass is 16.5. The Labute approximate surface area is 242 Å². The van der Waals surface area contributed by atoms with Crippen molar-refractivity contribution in [2.45, 2.75) is 38.1 Å². The molecule has 0 saturated carbocycles. The summed E-state index contributed by atoms with van der Waals surface area (Å²) in [5, 5.41) is 53.4. The van der Waals surface area contributed by atoms with Crippen LogP contribution in [-0.4, -0.2) is 46.4 Å². The van der Waals surface area contributed by atoms with Gasteiger partial charge in [0.1, 0.15) is 29.6 Å². The smallest absolute Gasteiger partial charge is 0.200 e.